The zero-order valence-corrected chi connectivity index (χ0v) is 15.6. The third-order valence-corrected chi connectivity index (χ3v) is 4.79. The number of rotatable bonds is 5. The van der Waals surface area contributed by atoms with Crippen LogP contribution in [0.4, 0.5) is 18.9 Å². The molecular formula is C21H20F3N3O2. The summed E-state index contributed by atoms with van der Waals surface area (Å²) < 4.78 is 44.0. The summed E-state index contributed by atoms with van der Waals surface area (Å²) in [6.07, 6.45) is -4.52. The first kappa shape index (κ1) is 20.7. The molecule has 29 heavy (non-hydrogen) atoms. The molecule has 1 unspecified atom stereocenters. The summed E-state index contributed by atoms with van der Waals surface area (Å²) in [5.74, 6) is -0.624. The van der Waals surface area contributed by atoms with E-state index in [-0.39, 0.29) is 23.7 Å². The summed E-state index contributed by atoms with van der Waals surface area (Å²) in [5.41, 5.74) is 0.0483. The summed E-state index contributed by atoms with van der Waals surface area (Å²) in [6, 6.07) is 13.9. The van der Waals surface area contributed by atoms with Crippen LogP contribution in [0.15, 0.2) is 48.5 Å². The second-order valence-corrected chi connectivity index (χ2v) is 6.65. The summed E-state index contributed by atoms with van der Waals surface area (Å²) in [4.78, 5) is 14.8. The van der Waals surface area contributed by atoms with E-state index in [0.717, 1.165) is 17.7 Å². The van der Waals surface area contributed by atoms with E-state index in [0.29, 0.717) is 26.3 Å². The van der Waals surface area contributed by atoms with Crippen LogP contribution in [-0.4, -0.2) is 43.7 Å². The van der Waals surface area contributed by atoms with Gasteiger partial charge in [0.05, 0.1) is 35.9 Å². The van der Waals surface area contributed by atoms with E-state index < -0.39 is 17.7 Å². The molecule has 1 aliphatic heterocycles. The van der Waals surface area contributed by atoms with Gasteiger partial charge in [-0.15, -0.1) is 0 Å². The first-order chi connectivity index (χ1) is 13.9. The summed E-state index contributed by atoms with van der Waals surface area (Å²) in [6.45, 7) is 2.08. The molecule has 0 aromatic heterocycles. The van der Waals surface area contributed by atoms with E-state index in [4.69, 9.17) is 4.74 Å². The van der Waals surface area contributed by atoms with Crippen molar-refractivity contribution in [1.82, 2.24) is 4.90 Å². The Balaban J connectivity index is 1.82. The summed E-state index contributed by atoms with van der Waals surface area (Å²) >= 11 is 0. The fraction of sp³-hybridized carbons (Fsp3) is 0.333. The second kappa shape index (κ2) is 8.97. The molecule has 1 amide bonds. The van der Waals surface area contributed by atoms with Gasteiger partial charge < -0.3 is 15.0 Å². The minimum atomic E-state index is -4.52. The standard InChI is InChI=1S/C21H20F3N3O2/c22-21(23,24)17-6-7-19(16(12-17)13-25)26-14-18(15-4-2-1-3-5-15)20(28)27-8-10-29-11-9-27/h1-7,12,18,26H,8-11,14H2. The van der Waals surface area contributed by atoms with E-state index in [1.165, 1.54) is 6.07 Å². The first-order valence-corrected chi connectivity index (χ1v) is 9.17. The number of morpholine rings is 1. The van der Waals surface area contributed by atoms with Crippen molar-refractivity contribution in [3.63, 3.8) is 0 Å². The Labute approximate surface area is 166 Å². The molecule has 0 bridgehead atoms. The zero-order chi connectivity index (χ0) is 20.9. The Hall–Kier alpha value is -3.05. The molecule has 0 spiro atoms. The van der Waals surface area contributed by atoms with Crippen LogP contribution in [0.25, 0.3) is 0 Å². The third-order valence-electron chi connectivity index (χ3n) is 4.79. The lowest BCUT2D eigenvalue weighted by Crippen LogP contribution is -2.44. The molecule has 3 rings (SSSR count). The first-order valence-electron chi connectivity index (χ1n) is 9.17. The molecule has 1 fully saturated rings. The van der Waals surface area contributed by atoms with E-state index in [1.807, 2.05) is 30.3 Å². The van der Waals surface area contributed by atoms with Crippen molar-refractivity contribution in [3.05, 3.63) is 65.2 Å². The van der Waals surface area contributed by atoms with E-state index in [1.54, 1.807) is 11.0 Å². The normalized spacial score (nSPS) is 15.4. The topological polar surface area (TPSA) is 65.4 Å². The molecule has 0 aliphatic carbocycles. The van der Waals surface area contributed by atoms with Crippen LogP contribution in [0.5, 0.6) is 0 Å². The molecule has 1 atom stereocenters. The van der Waals surface area contributed by atoms with Gasteiger partial charge in [-0.3, -0.25) is 4.79 Å². The molecule has 8 heteroatoms. The van der Waals surface area contributed by atoms with E-state index in [9.17, 15) is 23.2 Å². The minimum absolute atomic E-state index is 0.0857. The van der Waals surface area contributed by atoms with Gasteiger partial charge in [0, 0.05) is 19.6 Å². The van der Waals surface area contributed by atoms with Crippen LogP contribution in [0.2, 0.25) is 0 Å². The highest BCUT2D eigenvalue weighted by Crippen LogP contribution is 2.32. The van der Waals surface area contributed by atoms with Crippen LogP contribution >= 0.6 is 0 Å². The molecule has 0 radical (unpaired) electrons. The molecule has 5 nitrogen and oxygen atoms in total. The minimum Gasteiger partial charge on any atom is -0.383 e. The predicted molar refractivity (Wildman–Crippen MR) is 101 cm³/mol. The van der Waals surface area contributed by atoms with Crippen LogP contribution in [-0.2, 0) is 15.7 Å². The van der Waals surface area contributed by atoms with Gasteiger partial charge in [0.2, 0.25) is 5.91 Å². The lowest BCUT2D eigenvalue weighted by Gasteiger charge is -2.31. The molecule has 0 saturated carbocycles. The highest BCUT2D eigenvalue weighted by atomic mass is 19.4. The number of alkyl halides is 3. The molecule has 152 valence electrons. The fourth-order valence-electron chi connectivity index (χ4n) is 3.22. The van der Waals surface area contributed by atoms with Gasteiger partial charge in [-0.1, -0.05) is 30.3 Å². The Morgan fingerprint density at radius 2 is 1.86 bits per heavy atom. The maximum atomic E-state index is 13.1. The van der Waals surface area contributed by atoms with Gasteiger partial charge in [0.25, 0.3) is 0 Å². The average Bonchev–Trinajstić information content (AvgIpc) is 2.74. The van der Waals surface area contributed by atoms with Gasteiger partial charge in [-0.25, -0.2) is 0 Å². The molecule has 2 aromatic rings. The number of hydrogen-bond donors (Lipinski definition) is 1. The number of hydrogen-bond acceptors (Lipinski definition) is 4. The number of nitrogens with one attached hydrogen (secondary N) is 1. The second-order valence-electron chi connectivity index (χ2n) is 6.65. The van der Waals surface area contributed by atoms with Crippen molar-refractivity contribution in [2.45, 2.75) is 12.1 Å². The van der Waals surface area contributed by atoms with E-state index in [2.05, 4.69) is 5.32 Å². The lowest BCUT2D eigenvalue weighted by molar-refractivity contribution is -0.138. The third kappa shape index (κ3) is 5.06. The smallest absolute Gasteiger partial charge is 0.383 e. The van der Waals surface area contributed by atoms with Crippen molar-refractivity contribution in [1.29, 1.82) is 5.26 Å². The number of halogens is 3. The summed E-state index contributed by atoms with van der Waals surface area (Å²) in [7, 11) is 0. The largest absolute Gasteiger partial charge is 0.416 e. The van der Waals surface area contributed by atoms with E-state index >= 15 is 0 Å². The number of anilines is 1. The van der Waals surface area contributed by atoms with Crippen molar-refractivity contribution >= 4 is 11.6 Å². The SMILES string of the molecule is N#Cc1cc(C(F)(F)F)ccc1NCC(C(=O)N1CCOCC1)c1ccccc1. The Bertz CT molecular complexity index is 888. The molecule has 1 N–H and O–H groups in total. The number of nitriles is 1. The van der Waals surface area contributed by atoms with Crippen LogP contribution < -0.4 is 5.32 Å². The summed E-state index contributed by atoms with van der Waals surface area (Å²) in [5, 5.41) is 12.3. The number of carbonyl (C=O) groups excluding carboxylic acids is 1. The number of carbonyl (C=O) groups is 1. The number of nitrogens with zero attached hydrogens (tertiary/aromatic N) is 2. The number of ether oxygens (including phenoxy) is 1. The molecule has 1 saturated heterocycles. The lowest BCUT2D eigenvalue weighted by atomic mass is 9.96. The molecule has 1 aliphatic rings. The average molecular weight is 403 g/mol. The van der Waals surface area contributed by atoms with Gasteiger partial charge in [0.1, 0.15) is 6.07 Å². The van der Waals surface area contributed by atoms with Crippen LogP contribution in [0, 0.1) is 11.3 Å². The Morgan fingerprint density at radius 3 is 2.48 bits per heavy atom. The van der Waals surface area contributed by atoms with Gasteiger partial charge in [-0.2, -0.15) is 18.4 Å². The molecular weight excluding hydrogens is 383 g/mol. The Kier molecular flexibility index (Phi) is 6.39. The predicted octanol–water partition coefficient (Wildman–Crippen LogP) is 3.63. The monoisotopic (exact) mass is 403 g/mol. The van der Waals surface area contributed by atoms with Crippen molar-refractivity contribution in [2.24, 2.45) is 0 Å². The number of benzene rings is 2. The quantitative estimate of drug-likeness (QED) is 0.828. The van der Waals surface area contributed by atoms with Crippen LogP contribution in [0.3, 0.4) is 0 Å². The molecule has 1 heterocycles. The number of amides is 1. The van der Waals surface area contributed by atoms with Crippen molar-refractivity contribution < 1.29 is 22.7 Å². The van der Waals surface area contributed by atoms with Gasteiger partial charge in [0.15, 0.2) is 0 Å². The van der Waals surface area contributed by atoms with Crippen molar-refractivity contribution in [3.8, 4) is 6.07 Å². The zero-order valence-electron chi connectivity index (χ0n) is 15.6. The molecule has 2 aromatic carbocycles. The maximum absolute atomic E-state index is 13.1. The van der Waals surface area contributed by atoms with Crippen LogP contribution in [0.1, 0.15) is 22.6 Å². The maximum Gasteiger partial charge on any atom is 0.416 e. The van der Waals surface area contributed by atoms with Gasteiger partial charge in [-0.05, 0) is 23.8 Å². The highest BCUT2D eigenvalue weighted by Gasteiger charge is 2.31. The Morgan fingerprint density at radius 1 is 1.17 bits per heavy atom. The van der Waals surface area contributed by atoms with Crippen molar-refractivity contribution in [2.75, 3.05) is 38.2 Å². The highest BCUT2D eigenvalue weighted by molar-refractivity contribution is 5.84. The van der Waals surface area contributed by atoms with Gasteiger partial charge >= 0.3 is 6.18 Å². The fourth-order valence-corrected chi connectivity index (χ4v) is 3.22.